The van der Waals surface area contributed by atoms with E-state index in [1.165, 1.54) is 0 Å². The molecule has 3 rings (SSSR count). The zero-order chi connectivity index (χ0) is 13.6. The number of halogens is 2. The van der Waals surface area contributed by atoms with Gasteiger partial charge in [0.15, 0.2) is 0 Å². The van der Waals surface area contributed by atoms with Crippen molar-refractivity contribution in [1.82, 2.24) is 9.55 Å². The smallest absolute Gasteiger partial charge is 0.205 e. The van der Waals surface area contributed by atoms with Gasteiger partial charge in [0.1, 0.15) is 0 Å². The van der Waals surface area contributed by atoms with Crippen LogP contribution in [0.25, 0.3) is 16.7 Å². The molecule has 0 unspecified atom stereocenters. The second-order valence-electron chi connectivity index (χ2n) is 4.34. The Labute approximate surface area is 127 Å². The van der Waals surface area contributed by atoms with Crippen molar-refractivity contribution in [3.8, 4) is 5.69 Å². The minimum Gasteiger partial charge on any atom is -0.369 e. The van der Waals surface area contributed by atoms with E-state index in [9.17, 15) is 0 Å². The van der Waals surface area contributed by atoms with Crippen molar-refractivity contribution in [2.24, 2.45) is 0 Å². The first-order valence-electron chi connectivity index (χ1n) is 5.77. The Morgan fingerprint density at radius 3 is 2.74 bits per heavy atom. The van der Waals surface area contributed by atoms with Gasteiger partial charge in [0, 0.05) is 8.95 Å². The number of aromatic nitrogens is 2. The number of benzene rings is 2. The first kappa shape index (κ1) is 12.7. The topological polar surface area (TPSA) is 43.8 Å². The normalized spacial score (nSPS) is 11.1. The van der Waals surface area contributed by atoms with Gasteiger partial charge in [0.05, 0.1) is 16.7 Å². The highest BCUT2D eigenvalue weighted by Crippen LogP contribution is 2.31. The number of hydrogen-bond acceptors (Lipinski definition) is 2. The molecular weight excluding hydrogens is 370 g/mol. The van der Waals surface area contributed by atoms with E-state index in [1.807, 2.05) is 47.9 Å². The van der Waals surface area contributed by atoms with Gasteiger partial charge >= 0.3 is 0 Å². The van der Waals surface area contributed by atoms with Crippen LogP contribution in [-0.2, 0) is 0 Å². The molecule has 0 spiro atoms. The first-order chi connectivity index (χ1) is 9.08. The van der Waals surface area contributed by atoms with Crippen LogP contribution in [0.5, 0.6) is 0 Å². The van der Waals surface area contributed by atoms with Gasteiger partial charge in [-0.3, -0.25) is 4.57 Å². The number of nitrogen functional groups attached to an aromatic ring is 1. The second kappa shape index (κ2) is 4.65. The molecule has 1 aromatic heterocycles. The minimum atomic E-state index is 0.489. The number of imidazole rings is 1. The molecule has 0 saturated carbocycles. The number of rotatable bonds is 1. The van der Waals surface area contributed by atoms with Gasteiger partial charge < -0.3 is 5.73 Å². The first-order valence-corrected chi connectivity index (χ1v) is 7.35. The molecule has 96 valence electrons. The standard InChI is InChI=1S/C14H11Br2N3/c1-8-3-2-4-11-13(8)18-14(17)19(11)12-7-9(15)5-6-10(12)16/h2-7H,1H3,(H2,17,18). The third-order valence-electron chi connectivity index (χ3n) is 3.06. The molecule has 0 fully saturated rings. The summed E-state index contributed by atoms with van der Waals surface area (Å²) in [6.45, 7) is 2.04. The highest BCUT2D eigenvalue weighted by molar-refractivity contribution is 9.11. The van der Waals surface area contributed by atoms with E-state index in [2.05, 4.69) is 36.8 Å². The van der Waals surface area contributed by atoms with E-state index in [0.29, 0.717) is 5.95 Å². The Balaban J connectivity index is 2.39. The molecule has 0 aliphatic carbocycles. The second-order valence-corrected chi connectivity index (χ2v) is 6.11. The SMILES string of the molecule is Cc1cccc2c1nc(N)n2-c1cc(Br)ccc1Br. The molecule has 3 aromatic rings. The fourth-order valence-electron chi connectivity index (χ4n) is 2.17. The Morgan fingerprint density at radius 2 is 1.95 bits per heavy atom. The van der Waals surface area contributed by atoms with Gasteiger partial charge in [-0.1, -0.05) is 28.1 Å². The van der Waals surface area contributed by atoms with E-state index >= 15 is 0 Å². The van der Waals surface area contributed by atoms with Crippen molar-refractivity contribution >= 4 is 48.8 Å². The molecule has 3 nitrogen and oxygen atoms in total. The van der Waals surface area contributed by atoms with Crippen LogP contribution in [-0.4, -0.2) is 9.55 Å². The van der Waals surface area contributed by atoms with Crippen LogP contribution in [0.15, 0.2) is 45.3 Å². The molecule has 0 radical (unpaired) electrons. The lowest BCUT2D eigenvalue weighted by Crippen LogP contribution is -2.01. The average molecular weight is 381 g/mol. The third-order valence-corrected chi connectivity index (χ3v) is 4.23. The van der Waals surface area contributed by atoms with Gasteiger partial charge in [0.25, 0.3) is 0 Å². The van der Waals surface area contributed by atoms with Gasteiger partial charge in [-0.25, -0.2) is 4.98 Å². The maximum atomic E-state index is 6.09. The van der Waals surface area contributed by atoms with E-state index in [0.717, 1.165) is 31.2 Å². The Bertz CT molecular complexity index is 778. The Hall–Kier alpha value is -1.33. The van der Waals surface area contributed by atoms with E-state index < -0.39 is 0 Å². The van der Waals surface area contributed by atoms with Crippen LogP contribution < -0.4 is 5.73 Å². The molecule has 0 aliphatic rings. The molecule has 1 heterocycles. The summed E-state index contributed by atoms with van der Waals surface area (Å²) in [4.78, 5) is 4.46. The minimum absolute atomic E-state index is 0.489. The largest absolute Gasteiger partial charge is 0.369 e. The van der Waals surface area contributed by atoms with Crippen molar-refractivity contribution in [3.05, 3.63) is 50.9 Å². The molecule has 5 heteroatoms. The molecule has 0 atom stereocenters. The number of fused-ring (bicyclic) bond motifs is 1. The van der Waals surface area contributed by atoms with Crippen LogP contribution in [0.2, 0.25) is 0 Å². The van der Waals surface area contributed by atoms with Gasteiger partial charge in [0.2, 0.25) is 5.95 Å². The zero-order valence-corrected chi connectivity index (χ0v) is 13.4. The number of para-hydroxylation sites is 1. The summed E-state index contributed by atoms with van der Waals surface area (Å²) in [5.41, 5.74) is 10.1. The lowest BCUT2D eigenvalue weighted by molar-refractivity contribution is 1.10. The van der Waals surface area contributed by atoms with Gasteiger partial charge in [-0.05, 0) is 52.7 Å². The molecule has 2 aromatic carbocycles. The summed E-state index contributed by atoms with van der Waals surface area (Å²) in [5.74, 6) is 0.489. The zero-order valence-electron chi connectivity index (χ0n) is 10.2. The van der Waals surface area contributed by atoms with Crippen LogP contribution in [0.4, 0.5) is 5.95 Å². The van der Waals surface area contributed by atoms with Crippen molar-refractivity contribution in [2.75, 3.05) is 5.73 Å². The maximum absolute atomic E-state index is 6.09. The lowest BCUT2D eigenvalue weighted by atomic mass is 10.2. The van der Waals surface area contributed by atoms with E-state index in [-0.39, 0.29) is 0 Å². The predicted octanol–water partition coefficient (Wildman–Crippen LogP) is 4.44. The average Bonchev–Trinajstić information content (AvgIpc) is 2.70. The number of nitrogens with zero attached hydrogens (tertiary/aromatic N) is 2. The molecular formula is C14H11Br2N3. The highest BCUT2D eigenvalue weighted by Gasteiger charge is 2.13. The van der Waals surface area contributed by atoms with Crippen molar-refractivity contribution in [2.45, 2.75) is 6.92 Å². The number of nitrogens with two attached hydrogens (primary N) is 1. The molecule has 2 N–H and O–H groups in total. The summed E-state index contributed by atoms with van der Waals surface area (Å²) >= 11 is 7.05. The van der Waals surface area contributed by atoms with Crippen molar-refractivity contribution < 1.29 is 0 Å². The van der Waals surface area contributed by atoms with Gasteiger partial charge in [-0.15, -0.1) is 0 Å². The van der Waals surface area contributed by atoms with E-state index in [4.69, 9.17) is 5.73 Å². The highest BCUT2D eigenvalue weighted by atomic mass is 79.9. The summed E-state index contributed by atoms with van der Waals surface area (Å²) in [5, 5.41) is 0. The summed E-state index contributed by atoms with van der Waals surface area (Å²) in [7, 11) is 0. The van der Waals surface area contributed by atoms with Crippen LogP contribution >= 0.6 is 31.9 Å². The van der Waals surface area contributed by atoms with Crippen LogP contribution in [0.3, 0.4) is 0 Å². The van der Waals surface area contributed by atoms with Gasteiger partial charge in [-0.2, -0.15) is 0 Å². The lowest BCUT2D eigenvalue weighted by Gasteiger charge is -2.09. The quantitative estimate of drug-likeness (QED) is 0.678. The fraction of sp³-hybridized carbons (Fsp3) is 0.0714. The summed E-state index contributed by atoms with van der Waals surface area (Å²) in [6, 6.07) is 12.1. The monoisotopic (exact) mass is 379 g/mol. The Morgan fingerprint density at radius 1 is 1.16 bits per heavy atom. The molecule has 0 amide bonds. The number of hydrogen-bond donors (Lipinski definition) is 1. The fourth-order valence-corrected chi connectivity index (χ4v) is 2.94. The summed E-state index contributed by atoms with van der Waals surface area (Å²) < 4.78 is 3.93. The van der Waals surface area contributed by atoms with Crippen LogP contribution in [0, 0.1) is 6.92 Å². The van der Waals surface area contributed by atoms with E-state index in [1.54, 1.807) is 0 Å². The summed E-state index contributed by atoms with van der Waals surface area (Å²) in [6.07, 6.45) is 0. The Kier molecular flexibility index (Phi) is 3.11. The van der Waals surface area contributed by atoms with Crippen LogP contribution in [0.1, 0.15) is 5.56 Å². The number of aryl methyl sites for hydroxylation is 1. The predicted molar refractivity (Wildman–Crippen MR) is 85.6 cm³/mol. The third kappa shape index (κ3) is 2.07. The molecule has 19 heavy (non-hydrogen) atoms. The maximum Gasteiger partial charge on any atom is 0.205 e. The molecule has 0 bridgehead atoms. The van der Waals surface area contributed by atoms with Crippen molar-refractivity contribution in [1.29, 1.82) is 0 Å². The number of anilines is 1. The molecule has 0 aliphatic heterocycles. The molecule has 0 saturated heterocycles. The van der Waals surface area contributed by atoms with Crippen molar-refractivity contribution in [3.63, 3.8) is 0 Å².